The van der Waals surface area contributed by atoms with Crippen LogP contribution in [0.4, 0.5) is 0 Å². The Morgan fingerprint density at radius 1 is 1.37 bits per heavy atom. The summed E-state index contributed by atoms with van der Waals surface area (Å²) in [6, 6.07) is 6.02. The van der Waals surface area contributed by atoms with Gasteiger partial charge in [0.15, 0.2) is 6.10 Å². The molecular formula is C11H10Cl2N2O3S. The zero-order chi connectivity index (χ0) is 14.0. The largest absolute Gasteiger partial charge is 0.361 e. The quantitative estimate of drug-likeness (QED) is 0.834. The molecule has 1 aliphatic rings. The van der Waals surface area contributed by atoms with E-state index in [9.17, 15) is 8.42 Å². The smallest absolute Gasteiger partial charge is 0.243 e. The lowest BCUT2D eigenvalue weighted by molar-refractivity contribution is 0.0311. The Morgan fingerprint density at radius 3 is 2.74 bits per heavy atom. The van der Waals surface area contributed by atoms with Gasteiger partial charge in [-0.05, 0) is 18.2 Å². The van der Waals surface area contributed by atoms with E-state index in [-0.39, 0.29) is 34.6 Å². The first kappa shape index (κ1) is 14.6. The van der Waals surface area contributed by atoms with Crippen LogP contribution in [0.3, 0.4) is 0 Å². The first-order valence-electron chi connectivity index (χ1n) is 5.41. The summed E-state index contributed by atoms with van der Waals surface area (Å²) in [6.45, 7) is 0.415. The summed E-state index contributed by atoms with van der Waals surface area (Å²) in [4.78, 5) is 0.0560. The van der Waals surface area contributed by atoms with Gasteiger partial charge in [0.05, 0.1) is 34.2 Å². The van der Waals surface area contributed by atoms with Gasteiger partial charge in [-0.1, -0.05) is 23.2 Å². The maximum absolute atomic E-state index is 12.4. The zero-order valence-electron chi connectivity index (χ0n) is 9.71. The predicted octanol–water partition coefficient (Wildman–Crippen LogP) is 1.91. The highest BCUT2D eigenvalue weighted by atomic mass is 35.5. The lowest BCUT2D eigenvalue weighted by atomic mass is 10.3. The third-order valence-corrected chi connectivity index (χ3v) is 5.30. The highest BCUT2D eigenvalue weighted by Crippen LogP contribution is 2.27. The third-order valence-electron chi connectivity index (χ3n) is 2.70. The second-order valence-corrected chi connectivity index (χ2v) is 6.68. The molecule has 1 heterocycles. The summed E-state index contributed by atoms with van der Waals surface area (Å²) < 4.78 is 31.1. The Bertz CT molecular complexity index is 627. The van der Waals surface area contributed by atoms with Crippen molar-refractivity contribution >= 4 is 33.2 Å². The van der Waals surface area contributed by atoms with Crippen molar-refractivity contribution in [1.82, 2.24) is 4.31 Å². The summed E-state index contributed by atoms with van der Waals surface area (Å²) in [7, 11) is -3.69. The average Bonchev–Trinajstić information content (AvgIpc) is 2.41. The van der Waals surface area contributed by atoms with Gasteiger partial charge in [0.1, 0.15) is 0 Å². The summed E-state index contributed by atoms with van der Waals surface area (Å²) >= 11 is 11.6. The fourth-order valence-electron chi connectivity index (χ4n) is 1.71. The van der Waals surface area contributed by atoms with Crippen molar-refractivity contribution in [1.29, 1.82) is 5.26 Å². The zero-order valence-corrected chi connectivity index (χ0v) is 12.0. The number of ether oxygens (including phenoxy) is 1. The first-order chi connectivity index (χ1) is 8.95. The number of hydrogen-bond donors (Lipinski definition) is 0. The minimum atomic E-state index is -3.69. The fraction of sp³-hybridized carbons (Fsp3) is 0.364. The van der Waals surface area contributed by atoms with Crippen molar-refractivity contribution < 1.29 is 13.2 Å². The Hall–Kier alpha value is -0.840. The molecular weight excluding hydrogens is 311 g/mol. The number of sulfonamides is 1. The molecule has 1 unspecified atom stereocenters. The Kier molecular flexibility index (Phi) is 4.33. The Labute approximate surface area is 121 Å². The minimum absolute atomic E-state index is 0.0130. The van der Waals surface area contributed by atoms with Crippen LogP contribution in [0.2, 0.25) is 10.0 Å². The van der Waals surface area contributed by atoms with Crippen molar-refractivity contribution in [3.05, 3.63) is 28.2 Å². The Morgan fingerprint density at radius 2 is 2.11 bits per heavy atom. The van der Waals surface area contributed by atoms with Gasteiger partial charge in [-0.25, -0.2) is 8.42 Å². The topological polar surface area (TPSA) is 70.4 Å². The van der Waals surface area contributed by atoms with Gasteiger partial charge in [-0.3, -0.25) is 0 Å². The van der Waals surface area contributed by atoms with Crippen molar-refractivity contribution in [2.24, 2.45) is 0 Å². The third kappa shape index (κ3) is 3.02. The van der Waals surface area contributed by atoms with Gasteiger partial charge in [0, 0.05) is 6.54 Å². The van der Waals surface area contributed by atoms with Crippen LogP contribution in [0.1, 0.15) is 0 Å². The maximum Gasteiger partial charge on any atom is 0.243 e. The molecule has 1 atom stereocenters. The number of hydrogen-bond acceptors (Lipinski definition) is 4. The average molecular weight is 321 g/mol. The normalized spacial score (nSPS) is 21.0. The van der Waals surface area contributed by atoms with E-state index in [2.05, 4.69) is 0 Å². The Balaban J connectivity index is 2.31. The van der Waals surface area contributed by atoms with E-state index in [1.165, 1.54) is 22.5 Å². The van der Waals surface area contributed by atoms with E-state index in [1.54, 1.807) is 0 Å². The van der Waals surface area contributed by atoms with Crippen LogP contribution in [0.15, 0.2) is 23.1 Å². The van der Waals surface area contributed by atoms with Crippen molar-refractivity contribution in [2.45, 2.75) is 11.0 Å². The van der Waals surface area contributed by atoms with Crippen LogP contribution in [-0.2, 0) is 14.8 Å². The predicted molar refractivity (Wildman–Crippen MR) is 70.6 cm³/mol. The molecule has 19 heavy (non-hydrogen) atoms. The number of nitriles is 1. The molecule has 8 heteroatoms. The molecule has 0 aromatic heterocycles. The van der Waals surface area contributed by atoms with E-state index >= 15 is 0 Å². The second kappa shape index (κ2) is 5.65. The summed E-state index contributed by atoms with van der Waals surface area (Å²) in [5.41, 5.74) is 0. The van der Waals surface area contributed by atoms with Crippen LogP contribution >= 0.6 is 23.2 Å². The van der Waals surface area contributed by atoms with E-state index in [0.717, 1.165) is 0 Å². The molecule has 0 radical (unpaired) electrons. The summed E-state index contributed by atoms with van der Waals surface area (Å²) in [6.07, 6.45) is -0.744. The molecule has 102 valence electrons. The van der Waals surface area contributed by atoms with Crippen molar-refractivity contribution in [3.63, 3.8) is 0 Å². The molecule has 0 saturated carbocycles. The molecule has 0 N–H and O–H groups in total. The first-order valence-corrected chi connectivity index (χ1v) is 7.61. The molecule has 0 amide bonds. The number of nitrogens with zero attached hydrogens (tertiary/aromatic N) is 2. The molecule has 0 aliphatic carbocycles. The lowest BCUT2D eigenvalue weighted by Crippen LogP contribution is -2.44. The molecule has 1 aromatic carbocycles. The van der Waals surface area contributed by atoms with Crippen LogP contribution < -0.4 is 0 Å². The van der Waals surface area contributed by atoms with Crippen LogP contribution in [0.25, 0.3) is 0 Å². The highest BCUT2D eigenvalue weighted by Gasteiger charge is 2.31. The lowest BCUT2D eigenvalue weighted by Gasteiger charge is -2.28. The van der Waals surface area contributed by atoms with Gasteiger partial charge in [-0.15, -0.1) is 0 Å². The number of benzene rings is 1. The van der Waals surface area contributed by atoms with Gasteiger partial charge in [-0.2, -0.15) is 9.57 Å². The van der Waals surface area contributed by atoms with Crippen molar-refractivity contribution in [3.8, 4) is 6.07 Å². The van der Waals surface area contributed by atoms with Crippen molar-refractivity contribution in [2.75, 3.05) is 19.7 Å². The van der Waals surface area contributed by atoms with E-state index in [1.807, 2.05) is 6.07 Å². The molecule has 0 bridgehead atoms. The molecule has 1 saturated heterocycles. The monoisotopic (exact) mass is 320 g/mol. The van der Waals surface area contributed by atoms with Gasteiger partial charge in [0.25, 0.3) is 0 Å². The number of halogens is 2. The molecule has 1 fully saturated rings. The van der Waals surface area contributed by atoms with Gasteiger partial charge >= 0.3 is 0 Å². The molecule has 2 rings (SSSR count). The maximum atomic E-state index is 12.4. The van der Waals surface area contributed by atoms with E-state index < -0.39 is 16.1 Å². The summed E-state index contributed by atoms with van der Waals surface area (Å²) in [5, 5.41) is 9.25. The van der Waals surface area contributed by atoms with Crippen LogP contribution in [0.5, 0.6) is 0 Å². The number of morpholine rings is 1. The summed E-state index contributed by atoms with van der Waals surface area (Å²) in [5.74, 6) is 0. The van der Waals surface area contributed by atoms with Gasteiger partial charge < -0.3 is 4.74 Å². The van der Waals surface area contributed by atoms with Gasteiger partial charge in [0.2, 0.25) is 10.0 Å². The van der Waals surface area contributed by atoms with Crippen LogP contribution in [0, 0.1) is 11.3 Å². The fourth-order valence-corrected chi connectivity index (χ4v) is 3.52. The molecule has 1 aliphatic heterocycles. The highest BCUT2D eigenvalue weighted by molar-refractivity contribution is 7.89. The standard InChI is InChI=1S/C11H10Cl2N2O3S/c12-10-2-1-9(5-11(10)13)19(16,17)15-3-4-18-8(6-14)7-15/h1-2,5,8H,3-4,7H2. The second-order valence-electron chi connectivity index (χ2n) is 3.93. The molecule has 0 spiro atoms. The number of rotatable bonds is 2. The minimum Gasteiger partial charge on any atom is -0.361 e. The SMILES string of the molecule is N#CC1CN(S(=O)(=O)c2ccc(Cl)c(Cl)c2)CCO1. The molecule has 1 aromatic rings. The van der Waals surface area contributed by atoms with E-state index in [4.69, 9.17) is 33.2 Å². The van der Waals surface area contributed by atoms with E-state index in [0.29, 0.717) is 0 Å². The molecule has 5 nitrogen and oxygen atoms in total. The van der Waals surface area contributed by atoms with Crippen LogP contribution in [-0.4, -0.2) is 38.5 Å².